The van der Waals surface area contributed by atoms with E-state index in [2.05, 4.69) is 36.6 Å². The molecule has 1 unspecified atom stereocenters. The van der Waals surface area contributed by atoms with Gasteiger partial charge < -0.3 is 5.73 Å². The molecule has 0 aliphatic rings. The fraction of sp³-hybridized carbons (Fsp3) is 0.222. The molecule has 1 aromatic rings. The Bertz CT molecular complexity index is 557. The van der Waals surface area contributed by atoms with Crippen molar-refractivity contribution in [2.75, 3.05) is 10.5 Å². The zero-order chi connectivity index (χ0) is 13.2. The van der Waals surface area contributed by atoms with E-state index in [1.807, 2.05) is 0 Å². The van der Waals surface area contributed by atoms with Gasteiger partial charge in [-0.1, -0.05) is 15.9 Å². The summed E-state index contributed by atoms with van der Waals surface area (Å²) in [6, 6.07) is 4.89. The van der Waals surface area contributed by atoms with Crippen molar-refractivity contribution in [3.8, 4) is 6.07 Å². The number of hydrogen-bond acceptors (Lipinski definition) is 4. The van der Waals surface area contributed by atoms with E-state index in [9.17, 15) is 8.42 Å². The van der Waals surface area contributed by atoms with Crippen molar-refractivity contribution in [3.05, 3.63) is 21.1 Å². The largest absolute Gasteiger partial charge is 0.397 e. The van der Waals surface area contributed by atoms with Crippen LogP contribution in [-0.4, -0.2) is 13.7 Å². The van der Waals surface area contributed by atoms with E-state index in [0.717, 1.165) is 4.47 Å². The third-order valence-electron chi connectivity index (χ3n) is 1.98. The zero-order valence-electron chi connectivity index (χ0n) is 8.74. The molecule has 0 spiro atoms. The Morgan fingerprint density at radius 1 is 1.47 bits per heavy atom. The topological polar surface area (TPSA) is 96.0 Å². The van der Waals surface area contributed by atoms with Crippen molar-refractivity contribution in [2.45, 2.75) is 12.2 Å². The minimum atomic E-state index is -3.76. The molecule has 0 fully saturated rings. The van der Waals surface area contributed by atoms with Crippen LogP contribution in [0.3, 0.4) is 0 Å². The van der Waals surface area contributed by atoms with Gasteiger partial charge in [-0.25, -0.2) is 8.42 Å². The lowest BCUT2D eigenvalue weighted by atomic mass is 10.3. The predicted octanol–water partition coefficient (Wildman–Crippen LogP) is 2.45. The molecule has 92 valence electrons. The Balaban J connectivity index is 3.18. The fourth-order valence-corrected chi connectivity index (χ4v) is 3.32. The highest BCUT2D eigenvalue weighted by atomic mass is 79.9. The van der Waals surface area contributed by atoms with Crippen LogP contribution >= 0.6 is 31.9 Å². The van der Waals surface area contributed by atoms with Crippen LogP contribution in [0.1, 0.15) is 6.92 Å². The Hall–Kier alpha value is -0.780. The molecule has 8 heteroatoms. The number of nitrogens with two attached hydrogens (primary N) is 1. The molecule has 0 aromatic heterocycles. The molecule has 0 bridgehead atoms. The third-order valence-corrected chi connectivity index (χ3v) is 4.59. The van der Waals surface area contributed by atoms with Gasteiger partial charge in [0.2, 0.25) is 10.0 Å². The summed E-state index contributed by atoms with van der Waals surface area (Å²) in [6.45, 7) is 1.30. The first-order valence-corrected chi connectivity index (χ1v) is 7.57. The number of nitriles is 1. The Kier molecular flexibility index (Phi) is 4.41. The van der Waals surface area contributed by atoms with Crippen LogP contribution in [0, 0.1) is 11.3 Å². The first kappa shape index (κ1) is 14.3. The van der Waals surface area contributed by atoms with Gasteiger partial charge >= 0.3 is 0 Å². The van der Waals surface area contributed by atoms with E-state index in [0.29, 0.717) is 4.47 Å². The molecule has 3 N–H and O–H groups in total. The molecule has 0 heterocycles. The van der Waals surface area contributed by atoms with Gasteiger partial charge in [-0.05, 0) is 35.0 Å². The number of nitrogens with one attached hydrogen (secondary N) is 1. The molecule has 0 radical (unpaired) electrons. The van der Waals surface area contributed by atoms with E-state index in [4.69, 9.17) is 11.0 Å². The van der Waals surface area contributed by atoms with Gasteiger partial charge in [-0.3, -0.25) is 4.72 Å². The summed E-state index contributed by atoms with van der Waals surface area (Å²) in [4.78, 5) is 0. The number of sulfonamides is 1. The number of benzene rings is 1. The van der Waals surface area contributed by atoms with Crippen molar-refractivity contribution in [1.29, 1.82) is 5.26 Å². The van der Waals surface area contributed by atoms with Gasteiger partial charge in [0.05, 0.1) is 17.4 Å². The van der Waals surface area contributed by atoms with Crippen molar-refractivity contribution >= 4 is 53.3 Å². The van der Waals surface area contributed by atoms with E-state index in [1.54, 1.807) is 18.2 Å². The van der Waals surface area contributed by atoms with Gasteiger partial charge in [-0.15, -0.1) is 0 Å². The van der Waals surface area contributed by atoms with Gasteiger partial charge in [0.1, 0.15) is 0 Å². The number of halogens is 2. The maximum atomic E-state index is 11.7. The molecule has 1 aromatic carbocycles. The van der Waals surface area contributed by atoms with E-state index >= 15 is 0 Å². The monoisotopic (exact) mass is 381 g/mol. The summed E-state index contributed by atoms with van der Waals surface area (Å²) >= 11 is 6.43. The number of nitrogens with zero attached hydrogens (tertiary/aromatic N) is 1. The molecule has 5 nitrogen and oxygen atoms in total. The lowest BCUT2D eigenvalue weighted by Crippen LogP contribution is -2.24. The van der Waals surface area contributed by atoms with E-state index in [1.165, 1.54) is 6.92 Å². The number of anilines is 2. The van der Waals surface area contributed by atoms with Crippen molar-refractivity contribution in [1.82, 2.24) is 0 Å². The number of rotatable bonds is 3. The van der Waals surface area contributed by atoms with E-state index < -0.39 is 15.3 Å². The highest BCUT2D eigenvalue weighted by Gasteiger charge is 2.22. The van der Waals surface area contributed by atoms with Crippen molar-refractivity contribution in [2.24, 2.45) is 0 Å². The molecular weight excluding hydrogens is 374 g/mol. The van der Waals surface area contributed by atoms with Crippen LogP contribution in [-0.2, 0) is 10.0 Å². The summed E-state index contributed by atoms with van der Waals surface area (Å²) in [5.41, 5.74) is 6.20. The highest BCUT2D eigenvalue weighted by molar-refractivity contribution is 9.11. The smallest absolute Gasteiger partial charge is 0.248 e. The van der Waals surface area contributed by atoms with Gasteiger partial charge in [0, 0.05) is 8.95 Å². The maximum Gasteiger partial charge on any atom is 0.248 e. The summed E-state index contributed by atoms with van der Waals surface area (Å²) in [7, 11) is -3.76. The normalized spacial score (nSPS) is 12.8. The summed E-state index contributed by atoms with van der Waals surface area (Å²) < 4.78 is 26.9. The zero-order valence-corrected chi connectivity index (χ0v) is 12.7. The summed E-state index contributed by atoms with van der Waals surface area (Å²) in [5.74, 6) is 0. The standard InChI is InChI=1S/C9H9Br2N3O2S/c1-5(4-12)17(15,16)14-9-7(11)2-6(10)3-8(9)13/h2-3,5,14H,13H2,1H3. The maximum absolute atomic E-state index is 11.7. The first-order valence-electron chi connectivity index (χ1n) is 4.43. The summed E-state index contributed by atoms with van der Waals surface area (Å²) in [6.07, 6.45) is 0. The predicted molar refractivity (Wildman–Crippen MR) is 73.9 cm³/mol. The second kappa shape index (κ2) is 5.25. The lowest BCUT2D eigenvalue weighted by Gasteiger charge is -2.13. The summed E-state index contributed by atoms with van der Waals surface area (Å²) in [5, 5.41) is 7.46. The Labute approximate surface area is 116 Å². The molecule has 0 saturated heterocycles. The second-order valence-corrected chi connectivity index (χ2v) is 7.04. The average Bonchev–Trinajstić information content (AvgIpc) is 2.22. The minimum absolute atomic E-state index is 0.232. The third kappa shape index (κ3) is 3.34. The van der Waals surface area contributed by atoms with Crippen LogP contribution in [0.25, 0.3) is 0 Å². The molecule has 0 aliphatic carbocycles. The first-order chi connectivity index (χ1) is 7.77. The van der Waals surface area contributed by atoms with Crippen LogP contribution in [0.5, 0.6) is 0 Å². The molecule has 0 saturated carbocycles. The molecule has 0 aliphatic heterocycles. The number of hydrogen-bond donors (Lipinski definition) is 2. The molecule has 1 rings (SSSR count). The van der Waals surface area contributed by atoms with Gasteiger partial charge in [-0.2, -0.15) is 5.26 Å². The Morgan fingerprint density at radius 2 is 2.06 bits per heavy atom. The molecular formula is C9H9Br2N3O2S. The lowest BCUT2D eigenvalue weighted by molar-refractivity contribution is 0.597. The van der Waals surface area contributed by atoms with Gasteiger partial charge in [0.15, 0.2) is 5.25 Å². The van der Waals surface area contributed by atoms with Crippen molar-refractivity contribution in [3.63, 3.8) is 0 Å². The van der Waals surface area contributed by atoms with Crippen LogP contribution in [0.15, 0.2) is 21.1 Å². The second-order valence-electron chi connectivity index (χ2n) is 3.27. The van der Waals surface area contributed by atoms with Crippen LogP contribution < -0.4 is 10.5 Å². The highest BCUT2D eigenvalue weighted by Crippen LogP contribution is 2.33. The SMILES string of the molecule is CC(C#N)S(=O)(=O)Nc1c(N)cc(Br)cc1Br. The fourth-order valence-electron chi connectivity index (χ4n) is 1.00. The average molecular weight is 383 g/mol. The Morgan fingerprint density at radius 3 is 2.53 bits per heavy atom. The van der Waals surface area contributed by atoms with E-state index in [-0.39, 0.29) is 11.4 Å². The van der Waals surface area contributed by atoms with Gasteiger partial charge in [0.25, 0.3) is 0 Å². The molecule has 0 amide bonds. The van der Waals surface area contributed by atoms with Crippen molar-refractivity contribution < 1.29 is 8.42 Å². The molecule has 17 heavy (non-hydrogen) atoms. The van der Waals surface area contributed by atoms with Crippen LogP contribution in [0.4, 0.5) is 11.4 Å². The van der Waals surface area contributed by atoms with Crippen LogP contribution in [0.2, 0.25) is 0 Å². The quantitative estimate of drug-likeness (QED) is 0.784. The number of nitrogen functional groups attached to an aromatic ring is 1. The minimum Gasteiger partial charge on any atom is -0.397 e. The molecule has 1 atom stereocenters.